The molecular formula is C17H35NO4. The van der Waals surface area contributed by atoms with Gasteiger partial charge in [-0.05, 0) is 12.3 Å². The predicted octanol–water partition coefficient (Wildman–Crippen LogP) is 1.79. The maximum Gasteiger partial charge on any atom is 0.222 e. The highest BCUT2D eigenvalue weighted by Gasteiger charge is 2.27. The number of hydrogen-bond acceptors (Lipinski definition) is 4. The van der Waals surface area contributed by atoms with Gasteiger partial charge in [-0.15, -0.1) is 0 Å². The minimum atomic E-state index is -0.933. The fourth-order valence-electron chi connectivity index (χ4n) is 2.62. The molecule has 0 heterocycles. The van der Waals surface area contributed by atoms with E-state index in [1.165, 1.54) is 19.3 Å². The molecule has 0 aliphatic rings. The first kappa shape index (κ1) is 21.4. The van der Waals surface area contributed by atoms with Crippen LogP contribution in [0.5, 0.6) is 0 Å². The standard InChI is InChI=1S/C17H35NO4/c1-5-6-7-8-9-10-16(21)18(4)11-13(2)17(22)14(3)15(20)12-19/h13-15,17,19-20,22H,5-12H2,1-4H3/t13-,14+,15+,17+/m0/s1. The first-order valence-electron chi connectivity index (χ1n) is 8.56. The molecule has 0 aliphatic heterocycles. The SMILES string of the molecule is CCCCCCCC(=O)N(C)C[C@H](C)[C@@H](O)[C@H](C)[C@H](O)CO. The molecule has 5 nitrogen and oxygen atoms in total. The third-order valence-electron chi connectivity index (χ3n) is 4.40. The van der Waals surface area contributed by atoms with Gasteiger partial charge in [-0.1, -0.05) is 46.5 Å². The molecule has 0 rings (SSSR count). The third-order valence-corrected chi connectivity index (χ3v) is 4.40. The molecule has 0 fully saturated rings. The summed E-state index contributed by atoms with van der Waals surface area (Å²) in [5, 5.41) is 28.7. The Balaban J connectivity index is 4.11. The van der Waals surface area contributed by atoms with Crippen molar-refractivity contribution >= 4 is 5.91 Å². The number of nitrogens with zero attached hydrogens (tertiary/aromatic N) is 1. The Kier molecular flexibility index (Phi) is 11.5. The van der Waals surface area contributed by atoms with Gasteiger partial charge in [0.1, 0.15) is 0 Å². The monoisotopic (exact) mass is 317 g/mol. The molecular weight excluding hydrogens is 282 g/mol. The second-order valence-corrected chi connectivity index (χ2v) is 6.52. The number of aliphatic hydroxyl groups excluding tert-OH is 3. The van der Waals surface area contributed by atoms with E-state index in [4.69, 9.17) is 5.11 Å². The highest BCUT2D eigenvalue weighted by Crippen LogP contribution is 2.18. The van der Waals surface area contributed by atoms with Gasteiger partial charge in [-0.25, -0.2) is 0 Å². The second kappa shape index (κ2) is 11.9. The van der Waals surface area contributed by atoms with Gasteiger partial charge in [0.05, 0.1) is 18.8 Å². The zero-order valence-corrected chi connectivity index (χ0v) is 14.7. The highest BCUT2D eigenvalue weighted by atomic mass is 16.3. The van der Waals surface area contributed by atoms with Crippen LogP contribution in [0.1, 0.15) is 59.3 Å². The Morgan fingerprint density at radius 2 is 1.68 bits per heavy atom. The van der Waals surface area contributed by atoms with E-state index < -0.39 is 18.1 Å². The molecule has 4 atom stereocenters. The van der Waals surface area contributed by atoms with E-state index in [-0.39, 0.29) is 18.4 Å². The minimum Gasteiger partial charge on any atom is -0.394 e. The van der Waals surface area contributed by atoms with Gasteiger partial charge in [-0.3, -0.25) is 4.79 Å². The molecule has 0 aromatic carbocycles. The maximum atomic E-state index is 12.0. The number of carbonyl (C=O) groups is 1. The van der Waals surface area contributed by atoms with E-state index >= 15 is 0 Å². The van der Waals surface area contributed by atoms with E-state index in [1.54, 1.807) is 18.9 Å². The Hall–Kier alpha value is -0.650. The molecule has 0 saturated heterocycles. The summed E-state index contributed by atoms with van der Waals surface area (Å²) in [4.78, 5) is 13.7. The lowest BCUT2D eigenvalue weighted by Crippen LogP contribution is -2.41. The molecule has 0 aromatic heterocycles. The molecule has 1 amide bonds. The summed E-state index contributed by atoms with van der Waals surface area (Å²) in [6.45, 7) is 5.82. The van der Waals surface area contributed by atoms with Crippen molar-refractivity contribution in [3.63, 3.8) is 0 Å². The summed E-state index contributed by atoms with van der Waals surface area (Å²) in [5.41, 5.74) is 0. The summed E-state index contributed by atoms with van der Waals surface area (Å²) in [5.74, 6) is -0.464. The molecule has 0 bridgehead atoms. The first-order chi connectivity index (χ1) is 10.3. The number of hydrogen-bond donors (Lipinski definition) is 3. The quantitative estimate of drug-likeness (QED) is 0.479. The van der Waals surface area contributed by atoms with Gasteiger partial charge in [0, 0.05) is 25.9 Å². The minimum absolute atomic E-state index is 0.103. The van der Waals surface area contributed by atoms with E-state index in [9.17, 15) is 15.0 Å². The van der Waals surface area contributed by atoms with E-state index in [0.717, 1.165) is 12.8 Å². The Bertz CT molecular complexity index is 298. The Morgan fingerprint density at radius 3 is 2.23 bits per heavy atom. The average Bonchev–Trinajstić information content (AvgIpc) is 2.51. The zero-order chi connectivity index (χ0) is 17.1. The van der Waals surface area contributed by atoms with Crippen LogP contribution in [0.3, 0.4) is 0 Å². The summed E-state index contributed by atoms with van der Waals surface area (Å²) in [6.07, 6.45) is 4.47. The molecule has 0 aromatic rings. The second-order valence-electron chi connectivity index (χ2n) is 6.52. The Labute approximate surface area is 135 Å². The molecule has 0 spiro atoms. The van der Waals surface area contributed by atoms with Crippen molar-refractivity contribution in [1.82, 2.24) is 4.90 Å². The van der Waals surface area contributed by atoms with Crippen LogP contribution in [-0.2, 0) is 4.79 Å². The molecule has 0 radical (unpaired) electrons. The predicted molar refractivity (Wildman–Crippen MR) is 88.4 cm³/mol. The van der Waals surface area contributed by atoms with Crippen LogP contribution in [0.15, 0.2) is 0 Å². The summed E-state index contributed by atoms with van der Waals surface area (Å²) in [7, 11) is 1.75. The fourth-order valence-corrected chi connectivity index (χ4v) is 2.62. The van der Waals surface area contributed by atoms with Gasteiger partial charge in [-0.2, -0.15) is 0 Å². The lowest BCUT2D eigenvalue weighted by molar-refractivity contribution is -0.131. The largest absolute Gasteiger partial charge is 0.394 e. The summed E-state index contributed by atoms with van der Waals surface area (Å²) < 4.78 is 0. The smallest absolute Gasteiger partial charge is 0.222 e. The normalized spacial score (nSPS) is 16.9. The van der Waals surface area contributed by atoms with Crippen molar-refractivity contribution in [2.75, 3.05) is 20.2 Å². The van der Waals surface area contributed by atoms with Crippen molar-refractivity contribution < 1.29 is 20.1 Å². The van der Waals surface area contributed by atoms with E-state index in [0.29, 0.717) is 13.0 Å². The average molecular weight is 317 g/mol. The third kappa shape index (κ3) is 8.11. The Morgan fingerprint density at radius 1 is 1.09 bits per heavy atom. The van der Waals surface area contributed by atoms with Crippen molar-refractivity contribution in [2.45, 2.75) is 71.5 Å². The van der Waals surface area contributed by atoms with E-state index in [2.05, 4.69) is 6.92 Å². The maximum absolute atomic E-state index is 12.0. The van der Waals surface area contributed by atoms with Gasteiger partial charge >= 0.3 is 0 Å². The lowest BCUT2D eigenvalue weighted by atomic mass is 9.89. The lowest BCUT2D eigenvalue weighted by Gasteiger charge is -2.30. The molecule has 5 heteroatoms. The molecule has 0 saturated carbocycles. The van der Waals surface area contributed by atoms with Crippen molar-refractivity contribution in [2.24, 2.45) is 11.8 Å². The molecule has 132 valence electrons. The summed E-state index contributed by atoms with van der Waals surface area (Å²) >= 11 is 0. The molecule has 0 aliphatic carbocycles. The first-order valence-corrected chi connectivity index (χ1v) is 8.56. The number of aliphatic hydroxyl groups is 3. The molecule has 22 heavy (non-hydrogen) atoms. The topological polar surface area (TPSA) is 81.0 Å². The van der Waals surface area contributed by atoms with Gasteiger partial charge < -0.3 is 20.2 Å². The van der Waals surface area contributed by atoms with Crippen LogP contribution >= 0.6 is 0 Å². The number of rotatable bonds is 12. The van der Waals surface area contributed by atoms with Gasteiger partial charge in [0.15, 0.2) is 0 Å². The van der Waals surface area contributed by atoms with Crippen LogP contribution in [-0.4, -0.2) is 58.5 Å². The van der Waals surface area contributed by atoms with Crippen LogP contribution in [0.4, 0.5) is 0 Å². The highest BCUT2D eigenvalue weighted by molar-refractivity contribution is 5.75. The zero-order valence-electron chi connectivity index (χ0n) is 14.7. The van der Waals surface area contributed by atoms with E-state index in [1.807, 2.05) is 6.92 Å². The number of amides is 1. The summed E-state index contributed by atoms with van der Waals surface area (Å²) in [6, 6.07) is 0. The molecule has 3 N–H and O–H groups in total. The molecule has 0 unspecified atom stereocenters. The van der Waals surface area contributed by atoms with Crippen LogP contribution in [0.25, 0.3) is 0 Å². The fraction of sp³-hybridized carbons (Fsp3) is 0.941. The van der Waals surface area contributed by atoms with Crippen molar-refractivity contribution in [3.8, 4) is 0 Å². The van der Waals surface area contributed by atoms with Crippen LogP contribution in [0.2, 0.25) is 0 Å². The number of unbranched alkanes of at least 4 members (excludes halogenated alkanes) is 4. The van der Waals surface area contributed by atoms with Crippen LogP contribution < -0.4 is 0 Å². The van der Waals surface area contributed by atoms with Gasteiger partial charge in [0.2, 0.25) is 5.91 Å². The van der Waals surface area contributed by atoms with Crippen molar-refractivity contribution in [1.29, 1.82) is 0 Å². The van der Waals surface area contributed by atoms with Gasteiger partial charge in [0.25, 0.3) is 0 Å². The van der Waals surface area contributed by atoms with Crippen LogP contribution in [0, 0.1) is 11.8 Å². The van der Waals surface area contributed by atoms with Crippen molar-refractivity contribution in [3.05, 3.63) is 0 Å². The number of carbonyl (C=O) groups excluding carboxylic acids is 1.